The van der Waals surface area contributed by atoms with Gasteiger partial charge < -0.3 is 24.4 Å². The summed E-state index contributed by atoms with van der Waals surface area (Å²) in [5, 5.41) is 18.5. The van der Waals surface area contributed by atoms with Gasteiger partial charge in [-0.3, -0.25) is 37.4 Å². The summed E-state index contributed by atoms with van der Waals surface area (Å²) >= 11 is 0. The smallest absolute Gasteiger partial charge is 0.332 e. The molecule has 59 heavy (non-hydrogen) atoms. The Morgan fingerprint density at radius 2 is 1.22 bits per heavy atom. The maximum atomic E-state index is 13.2. The monoisotopic (exact) mass is 878 g/mol. The minimum absolute atomic E-state index is 0. The fraction of sp³-hybridized carbons (Fsp3) is 0.610. The van der Waals surface area contributed by atoms with E-state index in [2.05, 4.69) is 28.6 Å². The van der Waals surface area contributed by atoms with Gasteiger partial charge in [-0.1, -0.05) is 41.0 Å². The molecule has 4 aromatic rings. The number of unbranched alkanes of at least 4 members (excludes halogenated alkanes) is 1. The molecule has 0 aliphatic carbocycles. The van der Waals surface area contributed by atoms with E-state index in [0.717, 1.165) is 24.8 Å². The molecule has 0 aliphatic rings. The van der Waals surface area contributed by atoms with Gasteiger partial charge in [-0.25, -0.2) is 19.6 Å². The van der Waals surface area contributed by atoms with Crippen molar-refractivity contribution in [2.45, 2.75) is 132 Å². The van der Waals surface area contributed by atoms with Crippen LogP contribution < -0.4 is 32.0 Å². The second-order valence-corrected chi connectivity index (χ2v) is 15.3. The van der Waals surface area contributed by atoms with Crippen molar-refractivity contribution >= 4 is 35.0 Å². The van der Waals surface area contributed by atoms with Crippen molar-refractivity contribution in [1.82, 2.24) is 28.2 Å². The molecule has 0 aromatic carbocycles. The van der Waals surface area contributed by atoms with Crippen molar-refractivity contribution in [2.24, 2.45) is 25.9 Å². The van der Waals surface area contributed by atoms with Crippen LogP contribution in [0.1, 0.15) is 112 Å². The Hall–Kier alpha value is -4.70. The van der Waals surface area contributed by atoms with E-state index in [4.69, 9.17) is 19.4 Å². The second kappa shape index (κ2) is 25.0. The van der Waals surface area contributed by atoms with Crippen LogP contribution in [0.3, 0.4) is 0 Å². The third kappa shape index (κ3) is 13.9. The Balaban J connectivity index is 0.000000545. The molecule has 0 bridgehead atoms. The number of nitrogens with zero attached hydrogens (tertiary/aromatic N) is 6. The van der Waals surface area contributed by atoms with Gasteiger partial charge in [0.2, 0.25) is 0 Å². The van der Waals surface area contributed by atoms with Crippen molar-refractivity contribution in [3.63, 3.8) is 0 Å². The first kappa shape index (κ1) is 52.3. The summed E-state index contributed by atoms with van der Waals surface area (Å²) in [5.74, 6) is 1.65. The summed E-state index contributed by atoms with van der Waals surface area (Å²) in [7, 11) is 3.20. The number of carbonyl (C=O) groups excluding carboxylic acids is 1. The maximum Gasteiger partial charge on any atom is 0.332 e. The van der Waals surface area contributed by atoms with Gasteiger partial charge in [0, 0.05) is 57.8 Å². The Kier molecular flexibility index (Phi) is 22.2. The van der Waals surface area contributed by atoms with Crippen LogP contribution in [0.2, 0.25) is 0 Å². The molecule has 1 unspecified atom stereocenters. The predicted octanol–water partition coefficient (Wildman–Crippen LogP) is 4.49. The quantitative estimate of drug-likeness (QED) is 0.0801. The minimum Gasteiger partial charge on any atom is -0.489 e. The zero-order valence-electron chi connectivity index (χ0n) is 36.5. The molecule has 0 radical (unpaired) electrons. The number of aryl methyl sites for hydroxylation is 3. The molecular weight excluding hydrogens is 818 g/mol. The number of ether oxygens (including phenoxy) is 3. The van der Waals surface area contributed by atoms with Gasteiger partial charge in [0.05, 0.1) is 48.1 Å². The number of aliphatic hydroxyl groups excluding tert-OH is 1. The van der Waals surface area contributed by atoms with Crippen molar-refractivity contribution < 1.29 is 53.5 Å². The number of hydrogen-bond donors (Lipinski definition) is 2. The minimum atomic E-state index is -0.880. The average molecular weight is 880 g/mol. The molecule has 17 nitrogen and oxygen atoms in total. The summed E-state index contributed by atoms with van der Waals surface area (Å²) in [5.41, 5.74) is 0.195. The summed E-state index contributed by atoms with van der Waals surface area (Å²) in [4.78, 5) is 79.0. The maximum absolute atomic E-state index is 13.2. The van der Waals surface area contributed by atoms with E-state index in [-0.39, 0.29) is 73.8 Å². The van der Waals surface area contributed by atoms with Crippen molar-refractivity contribution in [1.29, 1.82) is 0 Å². The number of pyridine rings is 2. The van der Waals surface area contributed by atoms with Gasteiger partial charge in [0.15, 0.2) is 0 Å². The standard InChI is InChI=1S/C20H29N3O5.C20H31N3O4.CH2O2.Zn/c1-13(2)7-8-15-16(28-14(3)4)11-21-18-17(15)19(25)23(20(26)22(18)5)9-6-10-27-12-24;1-7-8-9-23-19(25)17-16(14(24)10-12(2)3)15(27-13(4)5)11-21-18(17)22(6)20(23)26;2-1-3;/h11-14H,6-10H2,1-5H3;11-14,24H,7-10H2,1-6H3;1H,(H,2,3);. The van der Waals surface area contributed by atoms with Crippen LogP contribution in [0.15, 0.2) is 31.6 Å². The Bertz CT molecular complexity index is 2230. The number of carboxylic acid groups (broad SMARTS) is 1. The van der Waals surface area contributed by atoms with Crippen molar-refractivity contribution in [2.75, 3.05) is 6.61 Å². The van der Waals surface area contributed by atoms with E-state index in [9.17, 15) is 29.1 Å². The molecule has 2 N–H and O–H groups in total. The first-order chi connectivity index (χ1) is 27.4. The van der Waals surface area contributed by atoms with Crippen molar-refractivity contribution in [3.8, 4) is 11.5 Å². The zero-order chi connectivity index (χ0) is 43.9. The summed E-state index contributed by atoms with van der Waals surface area (Å²) in [6, 6.07) is 0. The van der Waals surface area contributed by atoms with Gasteiger partial charge >= 0.3 is 11.4 Å². The number of carbonyl (C=O) groups is 2. The molecule has 0 fully saturated rings. The Morgan fingerprint density at radius 3 is 1.69 bits per heavy atom. The van der Waals surface area contributed by atoms with E-state index < -0.39 is 23.0 Å². The first-order valence-corrected chi connectivity index (χ1v) is 19.8. The van der Waals surface area contributed by atoms with Crippen LogP contribution in [-0.4, -0.2) is 70.2 Å². The molecule has 0 spiro atoms. The molecule has 4 heterocycles. The van der Waals surface area contributed by atoms with E-state index in [1.165, 1.54) is 24.5 Å². The predicted molar refractivity (Wildman–Crippen MR) is 222 cm³/mol. The third-order valence-electron chi connectivity index (χ3n) is 8.95. The molecule has 18 heteroatoms. The largest absolute Gasteiger partial charge is 0.489 e. The topological polar surface area (TPSA) is 216 Å². The zero-order valence-corrected chi connectivity index (χ0v) is 39.5. The van der Waals surface area contributed by atoms with Crippen LogP contribution in [0.4, 0.5) is 0 Å². The van der Waals surface area contributed by atoms with Gasteiger partial charge in [0.1, 0.15) is 22.8 Å². The van der Waals surface area contributed by atoms with Crippen LogP contribution in [0.5, 0.6) is 11.5 Å². The van der Waals surface area contributed by atoms with E-state index in [1.807, 2.05) is 48.5 Å². The van der Waals surface area contributed by atoms with Crippen LogP contribution in [0, 0.1) is 11.8 Å². The second-order valence-electron chi connectivity index (χ2n) is 15.3. The molecule has 4 aromatic heterocycles. The third-order valence-corrected chi connectivity index (χ3v) is 8.95. The van der Waals surface area contributed by atoms with E-state index in [1.54, 1.807) is 20.3 Å². The number of rotatable bonds is 18. The molecule has 4 rings (SSSR count). The summed E-state index contributed by atoms with van der Waals surface area (Å²) in [6.45, 7) is 18.6. The van der Waals surface area contributed by atoms with Crippen LogP contribution >= 0.6 is 0 Å². The average Bonchev–Trinajstić information content (AvgIpc) is 3.14. The molecule has 0 saturated heterocycles. The number of fused-ring (bicyclic) bond motifs is 2. The fourth-order valence-corrected chi connectivity index (χ4v) is 6.29. The van der Waals surface area contributed by atoms with Gasteiger partial charge in [-0.05, 0) is 71.6 Å². The summed E-state index contributed by atoms with van der Waals surface area (Å²) in [6.07, 6.45) is 5.98. The van der Waals surface area contributed by atoms with Gasteiger partial charge in [-0.2, -0.15) is 0 Å². The normalized spacial score (nSPS) is 11.5. The Labute approximate surface area is 357 Å². The number of aromatic nitrogens is 6. The van der Waals surface area contributed by atoms with Gasteiger partial charge in [0.25, 0.3) is 24.1 Å². The molecule has 0 saturated carbocycles. The molecule has 1 atom stereocenters. The van der Waals surface area contributed by atoms with Crippen LogP contribution in [0.25, 0.3) is 22.1 Å². The van der Waals surface area contributed by atoms with Crippen molar-refractivity contribution in [3.05, 3.63) is 65.2 Å². The number of aliphatic hydroxyl groups is 1. The number of hydrogen-bond acceptors (Lipinski definition) is 12. The summed E-state index contributed by atoms with van der Waals surface area (Å²) < 4.78 is 21.6. The van der Waals surface area contributed by atoms with E-state index in [0.29, 0.717) is 66.3 Å². The molecular formula is C41H62N6O11Zn. The molecule has 0 aliphatic heterocycles. The van der Waals surface area contributed by atoms with E-state index >= 15 is 0 Å². The van der Waals surface area contributed by atoms with Crippen LogP contribution in [-0.2, 0) is 67.4 Å². The first-order valence-electron chi connectivity index (χ1n) is 19.8. The fourth-order valence-electron chi connectivity index (χ4n) is 6.29. The Morgan fingerprint density at radius 1 is 0.746 bits per heavy atom. The van der Waals surface area contributed by atoms with Gasteiger partial charge in [-0.15, -0.1) is 0 Å². The molecule has 0 amide bonds. The molecule has 324 valence electrons. The SMILES string of the molecule is CC(C)CCc1c(OC(C)C)cnc2c1c(=O)n(CCCOC=O)c(=O)n2C.CCCCn1c(=O)c2c(C(O)CC(C)C)c(OC(C)C)cnc2n(C)c1=O.O=CO.[Zn].